The Morgan fingerprint density at radius 2 is 1.91 bits per heavy atom. The molecule has 0 aliphatic carbocycles. The fraction of sp³-hybridized carbons (Fsp3) is 0.611. The van der Waals surface area contributed by atoms with Gasteiger partial charge < -0.3 is 15.4 Å². The molecule has 22 heavy (non-hydrogen) atoms. The second-order valence-corrected chi connectivity index (χ2v) is 5.84. The molecule has 0 aliphatic rings. The Kier molecular flexibility index (Phi) is 9.31. The molecule has 0 fully saturated rings. The maximum atomic E-state index is 5.53. The molecule has 1 aromatic carbocycles. The van der Waals surface area contributed by atoms with Crippen LogP contribution in [0.2, 0.25) is 0 Å². The van der Waals surface area contributed by atoms with E-state index in [0.717, 1.165) is 38.4 Å². The normalized spacial score (nSPS) is 13.2. The summed E-state index contributed by atoms with van der Waals surface area (Å²) < 4.78 is 5.53. The molecule has 0 amide bonds. The largest absolute Gasteiger partial charge is 0.379 e. The van der Waals surface area contributed by atoms with Gasteiger partial charge in [0, 0.05) is 26.2 Å². The number of nitrogens with one attached hydrogen (secondary N) is 2. The lowest BCUT2D eigenvalue weighted by Gasteiger charge is -2.18. The van der Waals surface area contributed by atoms with Crippen molar-refractivity contribution in [1.29, 1.82) is 0 Å². The number of hydrogen-bond donors (Lipinski definition) is 2. The van der Waals surface area contributed by atoms with Gasteiger partial charge in [-0.05, 0) is 45.6 Å². The van der Waals surface area contributed by atoms with E-state index in [-0.39, 0.29) is 0 Å². The summed E-state index contributed by atoms with van der Waals surface area (Å²) >= 11 is 0. The lowest BCUT2D eigenvalue weighted by atomic mass is 10.1. The third-order valence-corrected chi connectivity index (χ3v) is 3.38. The van der Waals surface area contributed by atoms with Crippen molar-refractivity contribution in [2.45, 2.75) is 52.2 Å². The van der Waals surface area contributed by atoms with Crippen molar-refractivity contribution in [3.8, 4) is 0 Å². The third kappa shape index (κ3) is 8.67. The minimum Gasteiger partial charge on any atom is -0.379 e. The quantitative estimate of drug-likeness (QED) is 0.419. The maximum Gasteiger partial charge on any atom is 0.191 e. The molecule has 0 heterocycles. The van der Waals surface area contributed by atoms with E-state index < -0.39 is 0 Å². The SMILES string of the molecule is CN=C(NCCCOC(C)C)NC(C)CCc1ccccc1. The van der Waals surface area contributed by atoms with Crippen LogP contribution in [-0.2, 0) is 11.2 Å². The average molecular weight is 305 g/mol. The van der Waals surface area contributed by atoms with Gasteiger partial charge in [0.25, 0.3) is 0 Å². The van der Waals surface area contributed by atoms with Gasteiger partial charge >= 0.3 is 0 Å². The lowest BCUT2D eigenvalue weighted by Crippen LogP contribution is -2.42. The molecule has 0 spiro atoms. The van der Waals surface area contributed by atoms with Gasteiger partial charge in [0.15, 0.2) is 5.96 Å². The Bertz CT molecular complexity index is 418. The third-order valence-electron chi connectivity index (χ3n) is 3.38. The second kappa shape index (κ2) is 11.1. The van der Waals surface area contributed by atoms with Gasteiger partial charge in [-0.25, -0.2) is 0 Å². The number of aryl methyl sites for hydroxylation is 1. The molecule has 1 unspecified atom stereocenters. The molecule has 1 aromatic rings. The topological polar surface area (TPSA) is 45.7 Å². The van der Waals surface area contributed by atoms with Crippen LogP contribution in [0.3, 0.4) is 0 Å². The van der Waals surface area contributed by atoms with Crippen molar-refractivity contribution in [2.24, 2.45) is 4.99 Å². The average Bonchev–Trinajstić information content (AvgIpc) is 2.52. The van der Waals surface area contributed by atoms with Crippen LogP contribution in [0, 0.1) is 0 Å². The van der Waals surface area contributed by atoms with Crippen molar-refractivity contribution < 1.29 is 4.74 Å². The predicted octanol–water partition coefficient (Wildman–Crippen LogP) is 2.99. The zero-order valence-electron chi connectivity index (χ0n) is 14.4. The molecule has 0 radical (unpaired) electrons. The number of benzene rings is 1. The molecule has 4 heteroatoms. The molecule has 1 rings (SSSR count). The van der Waals surface area contributed by atoms with Crippen LogP contribution in [0.25, 0.3) is 0 Å². The molecule has 124 valence electrons. The maximum absolute atomic E-state index is 5.53. The molecular weight excluding hydrogens is 274 g/mol. The van der Waals surface area contributed by atoms with Gasteiger partial charge in [-0.1, -0.05) is 30.3 Å². The molecule has 0 saturated heterocycles. The smallest absolute Gasteiger partial charge is 0.191 e. The van der Waals surface area contributed by atoms with E-state index in [0.29, 0.717) is 12.1 Å². The van der Waals surface area contributed by atoms with Crippen LogP contribution in [0.5, 0.6) is 0 Å². The molecule has 2 N–H and O–H groups in total. The van der Waals surface area contributed by atoms with Crippen LogP contribution >= 0.6 is 0 Å². The fourth-order valence-corrected chi connectivity index (χ4v) is 2.13. The van der Waals surface area contributed by atoms with Gasteiger partial charge in [-0.3, -0.25) is 4.99 Å². The zero-order valence-corrected chi connectivity index (χ0v) is 14.4. The standard InChI is InChI=1S/C18H31N3O/c1-15(2)22-14-8-13-20-18(19-4)21-16(3)11-12-17-9-6-5-7-10-17/h5-7,9-10,15-16H,8,11-14H2,1-4H3,(H2,19,20,21). The van der Waals surface area contributed by atoms with Crippen molar-refractivity contribution in [1.82, 2.24) is 10.6 Å². The van der Waals surface area contributed by atoms with Crippen LogP contribution in [0.4, 0.5) is 0 Å². The van der Waals surface area contributed by atoms with Gasteiger partial charge in [0.1, 0.15) is 0 Å². The molecule has 1 atom stereocenters. The van der Waals surface area contributed by atoms with Crippen molar-refractivity contribution >= 4 is 5.96 Å². The molecular formula is C18H31N3O. The van der Waals surface area contributed by atoms with Crippen LogP contribution in [0.15, 0.2) is 35.3 Å². The minimum absolute atomic E-state index is 0.301. The highest BCUT2D eigenvalue weighted by molar-refractivity contribution is 5.79. The summed E-state index contributed by atoms with van der Waals surface area (Å²) in [6, 6.07) is 11.0. The van der Waals surface area contributed by atoms with Crippen LogP contribution in [-0.4, -0.2) is 38.3 Å². The molecule has 0 saturated carbocycles. The monoisotopic (exact) mass is 305 g/mol. The second-order valence-electron chi connectivity index (χ2n) is 5.84. The highest BCUT2D eigenvalue weighted by atomic mass is 16.5. The summed E-state index contributed by atoms with van der Waals surface area (Å²) in [4.78, 5) is 4.27. The van der Waals surface area contributed by atoms with E-state index in [9.17, 15) is 0 Å². The first kappa shape index (κ1) is 18.5. The van der Waals surface area contributed by atoms with Gasteiger partial charge in [-0.15, -0.1) is 0 Å². The first-order valence-electron chi connectivity index (χ1n) is 8.24. The molecule has 0 aromatic heterocycles. The first-order chi connectivity index (χ1) is 10.6. The highest BCUT2D eigenvalue weighted by Gasteiger charge is 2.05. The number of rotatable bonds is 9. The van der Waals surface area contributed by atoms with Crippen LogP contribution < -0.4 is 10.6 Å². The Morgan fingerprint density at radius 3 is 2.55 bits per heavy atom. The van der Waals surface area contributed by atoms with E-state index in [4.69, 9.17) is 4.74 Å². The molecule has 4 nitrogen and oxygen atoms in total. The van der Waals surface area contributed by atoms with E-state index >= 15 is 0 Å². The molecule has 0 bridgehead atoms. The minimum atomic E-state index is 0.301. The summed E-state index contributed by atoms with van der Waals surface area (Å²) in [7, 11) is 1.81. The van der Waals surface area contributed by atoms with Gasteiger partial charge in [0.05, 0.1) is 6.10 Å². The summed E-state index contributed by atoms with van der Waals surface area (Å²) in [6.07, 6.45) is 3.45. The predicted molar refractivity (Wildman–Crippen MR) is 94.4 cm³/mol. The zero-order chi connectivity index (χ0) is 16.2. The number of guanidine groups is 1. The van der Waals surface area contributed by atoms with Gasteiger partial charge in [-0.2, -0.15) is 0 Å². The lowest BCUT2D eigenvalue weighted by molar-refractivity contribution is 0.0776. The summed E-state index contributed by atoms with van der Waals surface area (Å²) in [5.41, 5.74) is 1.38. The van der Waals surface area contributed by atoms with Crippen LogP contribution in [0.1, 0.15) is 39.2 Å². The van der Waals surface area contributed by atoms with E-state index in [1.165, 1.54) is 5.56 Å². The Labute approximate surface area is 135 Å². The highest BCUT2D eigenvalue weighted by Crippen LogP contribution is 2.04. The number of ether oxygens (including phenoxy) is 1. The van der Waals surface area contributed by atoms with Crippen molar-refractivity contribution in [2.75, 3.05) is 20.2 Å². The Hall–Kier alpha value is -1.55. The summed E-state index contributed by atoms with van der Waals surface area (Å²) in [5.74, 6) is 0.866. The summed E-state index contributed by atoms with van der Waals surface area (Å²) in [6.45, 7) is 7.96. The number of hydrogen-bond acceptors (Lipinski definition) is 2. The van der Waals surface area contributed by atoms with Crippen molar-refractivity contribution in [3.05, 3.63) is 35.9 Å². The van der Waals surface area contributed by atoms with E-state index in [1.54, 1.807) is 0 Å². The Morgan fingerprint density at radius 1 is 1.18 bits per heavy atom. The van der Waals surface area contributed by atoms with E-state index in [2.05, 4.69) is 66.7 Å². The van der Waals surface area contributed by atoms with Crippen molar-refractivity contribution in [3.63, 3.8) is 0 Å². The summed E-state index contributed by atoms with van der Waals surface area (Å²) in [5, 5.41) is 6.77. The number of aliphatic imine (C=N–C) groups is 1. The van der Waals surface area contributed by atoms with Gasteiger partial charge in [0.2, 0.25) is 0 Å². The first-order valence-corrected chi connectivity index (χ1v) is 8.24. The fourth-order valence-electron chi connectivity index (χ4n) is 2.13. The number of nitrogens with zero attached hydrogens (tertiary/aromatic N) is 1. The van der Waals surface area contributed by atoms with E-state index in [1.807, 2.05) is 7.05 Å². The Balaban J connectivity index is 2.18. The molecule has 0 aliphatic heterocycles.